The zero-order valence-electron chi connectivity index (χ0n) is 15.0. The lowest BCUT2D eigenvalue weighted by molar-refractivity contribution is -0.138. The normalized spacial score (nSPS) is 23.8. The number of carbonyl (C=O) groups is 1. The maximum atomic E-state index is 12.8. The quantitative estimate of drug-likeness (QED) is 0.879. The maximum Gasteiger partial charge on any atom is 0.237 e. The Balaban J connectivity index is 1.61. The first kappa shape index (κ1) is 17.8. The van der Waals surface area contributed by atoms with Gasteiger partial charge in [-0.1, -0.05) is 19.3 Å². The topological polar surface area (TPSA) is 98.1 Å². The van der Waals surface area contributed by atoms with E-state index < -0.39 is 5.54 Å². The van der Waals surface area contributed by atoms with Gasteiger partial charge in [-0.15, -0.1) is 0 Å². The van der Waals surface area contributed by atoms with E-state index in [1.54, 1.807) is 11.9 Å². The molecule has 1 atom stereocenters. The molecule has 0 unspecified atom stereocenters. The molecule has 1 aromatic rings. The second-order valence-electron chi connectivity index (χ2n) is 7.03. The molecule has 2 aliphatic rings. The van der Waals surface area contributed by atoms with Crippen molar-refractivity contribution in [1.29, 1.82) is 5.26 Å². The third-order valence-electron chi connectivity index (χ3n) is 5.32. The molecule has 1 N–H and O–H groups in total. The van der Waals surface area contributed by atoms with Gasteiger partial charge >= 0.3 is 0 Å². The standard InChI is InChI=1S/C17H26N6O2/c1-13-19-16(21-20-13)14-10-23(8-9-25-14)11-15(24)22(2)17(12-18)6-4-3-5-7-17/h14H,3-11H2,1-2H3,(H,19,20,21)/t14-/m0/s1. The summed E-state index contributed by atoms with van der Waals surface area (Å²) in [4.78, 5) is 20.8. The number of carbonyl (C=O) groups excluding carboxylic acids is 1. The van der Waals surface area contributed by atoms with Gasteiger partial charge < -0.3 is 9.64 Å². The van der Waals surface area contributed by atoms with Gasteiger partial charge in [0.2, 0.25) is 5.91 Å². The Labute approximate surface area is 148 Å². The SMILES string of the molecule is Cc1nc([C@@H]2CN(CC(=O)N(C)C3(C#N)CCCCC3)CCO2)n[nH]1. The molecule has 8 nitrogen and oxygen atoms in total. The van der Waals surface area contributed by atoms with Crippen LogP contribution in [0.25, 0.3) is 0 Å². The van der Waals surface area contributed by atoms with Crippen molar-refractivity contribution in [3.8, 4) is 6.07 Å². The molecule has 0 spiro atoms. The first-order valence-corrected chi connectivity index (χ1v) is 8.95. The monoisotopic (exact) mass is 346 g/mol. The van der Waals surface area contributed by atoms with E-state index in [-0.39, 0.29) is 12.0 Å². The minimum Gasteiger partial charge on any atom is -0.367 e. The number of aryl methyl sites for hydroxylation is 1. The summed E-state index contributed by atoms with van der Waals surface area (Å²) in [5, 5.41) is 16.6. The third-order valence-corrected chi connectivity index (χ3v) is 5.32. The number of morpholine rings is 1. The van der Waals surface area contributed by atoms with Crippen molar-refractivity contribution >= 4 is 5.91 Å². The molecular weight excluding hydrogens is 320 g/mol. The van der Waals surface area contributed by atoms with Crippen molar-refractivity contribution in [1.82, 2.24) is 25.0 Å². The number of hydrogen-bond donors (Lipinski definition) is 1. The molecule has 3 rings (SSSR count). The fraction of sp³-hybridized carbons (Fsp3) is 0.765. The van der Waals surface area contributed by atoms with E-state index in [0.29, 0.717) is 32.1 Å². The number of ether oxygens (including phenoxy) is 1. The minimum absolute atomic E-state index is 0.00438. The zero-order chi connectivity index (χ0) is 17.9. The van der Waals surface area contributed by atoms with Gasteiger partial charge in [0.15, 0.2) is 5.82 Å². The van der Waals surface area contributed by atoms with Crippen molar-refractivity contribution in [2.24, 2.45) is 0 Å². The molecule has 1 amide bonds. The molecule has 1 saturated carbocycles. The predicted molar refractivity (Wildman–Crippen MR) is 90.5 cm³/mol. The van der Waals surface area contributed by atoms with Gasteiger partial charge in [-0.05, 0) is 19.8 Å². The van der Waals surface area contributed by atoms with E-state index in [1.807, 2.05) is 6.92 Å². The van der Waals surface area contributed by atoms with Crippen LogP contribution in [0.1, 0.15) is 49.9 Å². The summed E-state index contributed by atoms with van der Waals surface area (Å²) in [5.74, 6) is 1.37. The van der Waals surface area contributed by atoms with Crippen LogP contribution in [0.4, 0.5) is 0 Å². The van der Waals surface area contributed by atoms with E-state index in [2.05, 4.69) is 26.2 Å². The third kappa shape index (κ3) is 3.83. The van der Waals surface area contributed by atoms with Crippen LogP contribution in [0, 0.1) is 18.3 Å². The number of rotatable bonds is 4. The van der Waals surface area contributed by atoms with Crippen molar-refractivity contribution < 1.29 is 9.53 Å². The molecule has 2 fully saturated rings. The van der Waals surface area contributed by atoms with E-state index in [9.17, 15) is 10.1 Å². The Hall–Kier alpha value is -1.98. The first-order chi connectivity index (χ1) is 12.0. The molecule has 0 bridgehead atoms. The van der Waals surface area contributed by atoms with Gasteiger partial charge in [0.05, 0.1) is 19.2 Å². The molecular formula is C17H26N6O2. The molecule has 1 aliphatic carbocycles. The number of nitrogens with zero attached hydrogens (tertiary/aromatic N) is 5. The molecule has 136 valence electrons. The van der Waals surface area contributed by atoms with Crippen molar-refractivity contribution in [2.75, 3.05) is 33.3 Å². The summed E-state index contributed by atoms with van der Waals surface area (Å²) >= 11 is 0. The summed E-state index contributed by atoms with van der Waals surface area (Å²) in [6, 6.07) is 2.41. The van der Waals surface area contributed by atoms with Crippen LogP contribution in [0.15, 0.2) is 0 Å². The highest BCUT2D eigenvalue weighted by atomic mass is 16.5. The zero-order valence-corrected chi connectivity index (χ0v) is 15.0. The summed E-state index contributed by atoms with van der Waals surface area (Å²) < 4.78 is 5.74. The highest BCUT2D eigenvalue weighted by molar-refractivity contribution is 5.79. The highest BCUT2D eigenvalue weighted by Crippen LogP contribution is 2.32. The fourth-order valence-corrected chi connectivity index (χ4v) is 3.70. The molecule has 0 radical (unpaired) electrons. The number of amides is 1. The summed E-state index contributed by atoms with van der Waals surface area (Å²) in [6.45, 7) is 3.96. The average molecular weight is 346 g/mol. The molecule has 0 aromatic carbocycles. The lowest BCUT2D eigenvalue weighted by Gasteiger charge is -2.40. The second-order valence-corrected chi connectivity index (χ2v) is 7.03. The van der Waals surface area contributed by atoms with Crippen LogP contribution in [0.2, 0.25) is 0 Å². The number of aromatic nitrogens is 3. The summed E-state index contributed by atoms with van der Waals surface area (Å²) in [6.07, 6.45) is 4.48. The second kappa shape index (κ2) is 7.50. The smallest absolute Gasteiger partial charge is 0.237 e. The van der Waals surface area contributed by atoms with E-state index in [1.165, 1.54) is 0 Å². The first-order valence-electron chi connectivity index (χ1n) is 8.95. The molecule has 1 saturated heterocycles. The van der Waals surface area contributed by atoms with Crippen molar-refractivity contribution in [3.05, 3.63) is 11.6 Å². The van der Waals surface area contributed by atoms with Crippen LogP contribution < -0.4 is 0 Å². The average Bonchev–Trinajstić information content (AvgIpc) is 3.08. The minimum atomic E-state index is -0.637. The number of hydrogen-bond acceptors (Lipinski definition) is 6. The summed E-state index contributed by atoms with van der Waals surface area (Å²) in [7, 11) is 1.77. The van der Waals surface area contributed by atoms with Crippen molar-refractivity contribution in [2.45, 2.75) is 50.7 Å². The Morgan fingerprint density at radius 2 is 2.24 bits per heavy atom. The van der Waals surface area contributed by atoms with E-state index in [0.717, 1.165) is 37.9 Å². The lowest BCUT2D eigenvalue weighted by atomic mass is 9.81. The number of nitriles is 1. The maximum absolute atomic E-state index is 12.8. The predicted octanol–water partition coefficient (Wildman–Crippen LogP) is 1.17. The Bertz CT molecular complexity index is 646. The molecule has 8 heteroatoms. The largest absolute Gasteiger partial charge is 0.367 e. The molecule has 1 aromatic heterocycles. The van der Waals surface area contributed by atoms with Gasteiger partial charge in [0, 0.05) is 20.1 Å². The van der Waals surface area contributed by atoms with Gasteiger partial charge in [0.25, 0.3) is 0 Å². The van der Waals surface area contributed by atoms with Crippen LogP contribution in [-0.4, -0.2) is 69.7 Å². The summed E-state index contributed by atoms with van der Waals surface area (Å²) in [5.41, 5.74) is -0.637. The Morgan fingerprint density at radius 1 is 1.48 bits per heavy atom. The Kier molecular flexibility index (Phi) is 5.35. The van der Waals surface area contributed by atoms with Gasteiger partial charge in [-0.3, -0.25) is 14.8 Å². The van der Waals surface area contributed by atoms with Crippen LogP contribution >= 0.6 is 0 Å². The molecule has 25 heavy (non-hydrogen) atoms. The van der Waals surface area contributed by atoms with E-state index in [4.69, 9.17) is 4.74 Å². The number of nitrogens with one attached hydrogen (secondary N) is 1. The van der Waals surface area contributed by atoms with E-state index >= 15 is 0 Å². The number of aromatic amines is 1. The molecule has 2 heterocycles. The van der Waals surface area contributed by atoms with Gasteiger partial charge in [-0.25, -0.2) is 4.98 Å². The lowest BCUT2D eigenvalue weighted by Crippen LogP contribution is -2.53. The molecule has 1 aliphatic heterocycles. The number of H-pyrrole nitrogens is 1. The van der Waals surface area contributed by atoms with Gasteiger partial charge in [0.1, 0.15) is 17.5 Å². The van der Waals surface area contributed by atoms with Crippen LogP contribution in [0.3, 0.4) is 0 Å². The van der Waals surface area contributed by atoms with Crippen LogP contribution in [-0.2, 0) is 9.53 Å². The van der Waals surface area contributed by atoms with Crippen LogP contribution in [0.5, 0.6) is 0 Å². The Morgan fingerprint density at radius 3 is 2.88 bits per heavy atom. The van der Waals surface area contributed by atoms with Gasteiger partial charge in [-0.2, -0.15) is 10.4 Å². The number of likely N-dealkylation sites (N-methyl/N-ethyl adjacent to an activating group) is 1. The highest BCUT2D eigenvalue weighted by Gasteiger charge is 2.39. The van der Waals surface area contributed by atoms with Crippen molar-refractivity contribution in [3.63, 3.8) is 0 Å². The fourth-order valence-electron chi connectivity index (χ4n) is 3.70.